The molecule has 0 aliphatic rings. The van der Waals surface area contributed by atoms with Crippen molar-refractivity contribution in [2.45, 2.75) is 13.3 Å². The van der Waals surface area contributed by atoms with Crippen LogP contribution < -0.4 is 11.1 Å². The molecule has 0 aliphatic heterocycles. The van der Waals surface area contributed by atoms with Crippen LogP contribution >= 0.6 is 0 Å². The molecule has 0 atom stereocenters. The number of nitrogens with zero attached hydrogens (tertiary/aromatic N) is 2. The monoisotopic (exact) mass is 244 g/mol. The van der Waals surface area contributed by atoms with Gasteiger partial charge in [-0.05, 0) is 31.0 Å². The third-order valence-electron chi connectivity index (χ3n) is 2.51. The maximum Gasteiger partial charge on any atom is 0.131 e. The first-order valence-electron chi connectivity index (χ1n) is 5.76. The van der Waals surface area contributed by atoms with Gasteiger partial charge in [-0.3, -0.25) is 0 Å². The minimum Gasteiger partial charge on any atom is -0.508 e. The molecule has 1 aromatic carbocycles. The lowest BCUT2D eigenvalue weighted by atomic mass is 10.1. The number of nitrogen functional groups attached to an aromatic ring is 1. The van der Waals surface area contributed by atoms with Crippen LogP contribution in [0, 0.1) is 6.92 Å². The highest BCUT2D eigenvalue weighted by molar-refractivity contribution is 5.44. The highest BCUT2D eigenvalue weighted by Gasteiger charge is 1.99. The summed E-state index contributed by atoms with van der Waals surface area (Å²) in [6.07, 6.45) is 0.850. The lowest BCUT2D eigenvalue weighted by Gasteiger charge is -2.07. The predicted octanol–water partition coefficient (Wildman–Crippen LogP) is 1.73. The number of anilines is 2. The summed E-state index contributed by atoms with van der Waals surface area (Å²) in [5, 5.41) is 12.4. The van der Waals surface area contributed by atoms with Crippen molar-refractivity contribution in [1.29, 1.82) is 0 Å². The number of benzene rings is 1. The number of rotatable bonds is 4. The van der Waals surface area contributed by atoms with Gasteiger partial charge in [0.2, 0.25) is 0 Å². The molecule has 0 radical (unpaired) electrons. The van der Waals surface area contributed by atoms with Gasteiger partial charge in [-0.2, -0.15) is 0 Å². The zero-order valence-electron chi connectivity index (χ0n) is 10.2. The molecule has 0 saturated heterocycles. The van der Waals surface area contributed by atoms with Crippen molar-refractivity contribution in [2.75, 3.05) is 17.6 Å². The third-order valence-corrected chi connectivity index (χ3v) is 2.51. The van der Waals surface area contributed by atoms with Gasteiger partial charge in [0.1, 0.15) is 23.2 Å². The van der Waals surface area contributed by atoms with Crippen molar-refractivity contribution in [3.63, 3.8) is 0 Å². The van der Waals surface area contributed by atoms with Crippen LogP contribution in [0.5, 0.6) is 5.75 Å². The summed E-state index contributed by atoms with van der Waals surface area (Å²) in [5.41, 5.74) is 6.79. The molecule has 0 saturated carbocycles. The maximum absolute atomic E-state index is 9.17. The minimum absolute atomic E-state index is 0.283. The van der Waals surface area contributed by atoms with E-state index in [1.165, 1.54) is 0 Å². The number of aromatic hydroxyl groups is 1. The van der Waals surface area contributed by atoms with Crippen LogP contribution in [-0.2, 0) is 6.42 Å². The van der Waals surface area contributed by atoms with E-state index in [0.717, 1.165) is 24.3 Å². The van der Waals surface area contributed by atoms with E-state index in [-0.39, 0.29) is 5.75 Å². The number of phenols is 1. The van der Waals surface area contributed by atoms with Crippen molar-refractivity contribution in [2.24, 2.45) is 0 Å². The minimum atomic E-state index is 0.283. The Hall–Kier alpha value is -2.30. The molecule has 0 bridgehead atoms. The van der Waals surface area contributed by atoms with Gasteiger partial charge in [-0.15, -0.1) is 0 Å². The number of hydrogen-bond acceptors (Lipinski definition) is 5. The third kappa shape index (κ3) is 3.35. The molecule has 2 rings (SSSR count). The molecule has 4 N–H and O–H groups in total. The van der Waals surface area contributed by atoms with Crippen molar-refractivity contribution >= 4 is 11.6 Å². The fraction of sp³-hybridized carbons (Fsp3) is 0.231. The Balaban J connectivity index is 1.90. The normalized spacial score (nSPS) is 10.3. The number of aryl methyl sites for hydroxylation is 1. The van der Waals surface area contributed by atoms with Crippen molar-refractivity contribution < 1.29 is 5.11 Å². The van der Waals surface area contributed by atoms with Gasteiger partial charge in [-0.1, -0.05) is 12.1 Å². The summed E-state index contributed by atoms with van der Waals surface area (Å²) in [6, 6.07) is 8.88. The fourth-order valence-electron chi connectivity index (χ4n) is 1.68. The van der Waals surface area contributed by atoms with Gasteiger partial charge >= 0.3 is 0 Å². The Morgan fingerprint density at radius 1 is 1.22 bits per heavy atom. The van der Waals surface area contributed by atoms with E-state index in [1.54, 1.807) is 18.2 Å². The maximum atomic E-state index is 9.17. The molecule has 0 amide bonds. The smallest absolute Gasteiger partial charge is 0.131 e. The van der Waals surface area contributed by atoms with Crippen molar-refractivity contribution in [3.8, 4) is 5.75 Å². The molecule has 5 nitrogen and oxygen atoms in total. The van der Waals surface area contributed by atoms with E-state index in [2.05, 4.69) is 15.3 Å². The summed E-state index contributed by atoms with van der Waals surface area (Å²) < 4.78 is 0. The van der Waals surface area contributed by atoms with E-state index in [9.17, 15) is 5.11 Å². The van der Waals surface area contributed by atoms with Crippen LogP contribution in [0.15, 0.2) is 30.3 Å². The molecule has 18 heavy (non-hydrogen) atoms. The van der Waals surface area contributed by atoms with Crippen LogP contribution in [0.25, 0.3) is 0 Å². The predicted molar refractivity (Wildman–Crippen MR) is 71.5 cm³/mol. The molecular weight excluding hydrogens is 228 g/mol. The first kappa shape index (κ1) is 12.2. The molecule has 0 fully saturated rings. The molecule has 1 heterocycles. The molecule has 0 spiro atoms. The van der Waals surface area contributed by atoms with Gasteiger partial charge in [0, 0.05) is 12.6 Å². The second-order valence-corrected chi connectivity index (χ2v) is 4.07. The van der Waals surface area contributed by atoms with E-state index in [1.807, 2.05) is 19.1 Å². The fourth-order valence-corrected chi connectivity index (χ4v) is 1.68. The Morgan fingerprint density at radius 2 is 1.94 bits per heavy atom. The average Bonchev–Trinajstić information content (AvgIpc) is 2.30. The quantitative estimate of drug-likeness (QED) is 0.762. The molecule has 94 valence electrons. The number of phenolic OH excluding ortho intramolecular Hbond substituents is 1. The number of nitrogens with two attached hydrogens (primary N) is 1. The molecule has 1 aromatic heterocycles. The van der Waals surface area contributed by atoms with Crippen molar-refractivity contribution in [3.05, 3.63) is 41.7 Å². The SMILES string of the molecule is Cc1nc(N)cc(NCCc2ccc(O)cc2)n1. The molecule has 0 aliphatic carbocycles. The Kier molecular flexibility index (Phi) is 3.62. The van der Waals surface area contributed by atoms with Gasteiger partial charge in [0.05, 0.1) is 0 Å². The summed E-state index contributed by atoms with van der Waals surface area (Å²) in [4.78, 5) is 8.25. The van der Waals surface area contributed by atoms with Gasteiger partial charge < -0.3 is 16.2 Å². The first-order valence-corrected chi connectivity index (χ1v) is 5.76. The standard InChI is InChI=1S/C13H16N4O/c1-9-16-12(14)8-13(17-9)15-7-6-10-2-4-11(18)5-3-10/h2-5,8,18H,6-7H2,1H3,(H3,14,15,16,17). The zero-order chi connectivity index (χ0) is 13.0. The Morgan fingerprint density at radius 3 is 2.61 bits per heavy atom. The van der Waals surface area contributed by atoms with Crippen LogP contribution in [0.1, 0.15) is 11.4 Å². The van der Waals surface area contributed by atoms with E-state index in [4.69, 9.17) is 5.73 Å². The van der Waals surface area contributed by atoms with E-state index >= 15 is 0 Å². The average molecular weight is 244 g/mol. The molecule has 2 aromatic rings. The lowest BCUT2D eigenvalue weighted by molar-refractivity contribution is 0.475. The number of aromatic nitrogens is 2. The molecule has 0 unspecified atom stereocenters. The van der Waals surface area contributed by atoms with Crippen LogP contribution in [0.3, 0.4) is 0 Å². The Bertz CT molecular complexity index is 505. The highest BCUT2D eigenvalue weighted by Crippen LogP contribution is 2.11. The molecular formula is C13H16N4O. The van der Waals surface area contributed by atoms with Crippen LogP contribution in [0.4, 0.5) is 11.6 Å². The van der Waals surface area contributed by atoms with Gasteiger partial charge in [0.25, 0.3) is 0 Å². The molecule has 5 heteroatoms. The summed E-state index contributed by atoms with van der Waals surface area (Å²) in [6.45, 7) is 2.56. The topological polar surface area (TPSA) is 84.1 Å². The Labute approximate surface area is 106 Å². The zero-order valence-corrected chi connectivity index (χ0v) is 10.2. The summed E-state index contributed by atoms with van der Waals surface area (Å²) >= 11 is 0. The van der Waals surface area contributed by atoms with E-state index < -0.39 is 0 Å². The van der Waals surface area contributed by atoms with Gasteiger partial charge in [0.15, 0.2) is 0 Å². The number of nitrogens with one attached hydrogen (secondary N) is 1. The van der Waals surface area contributed by atoms with Crippen LogP contribution in [-0.4, -0.2) is 21.6 Å². The number of hydrogen-bond donors (Lipinski definition) is 3. The van der Waals surface area contributed by atoms with Crippen molar-refractivity contribution in [1.82, 2.24) is 9.97 Å². The summed E-state index contributed by atoms with van der Waals surface area (Å²) in [5.74, 6) is 2.14. The van der Waals surface area contributed by atoms with Gasteiger partial charge in [-0.25, -0.2) is 9.97 Å². The first-order chi connectivity index (χ1) is 8.63. The second-order valence-electron chi connectivity index (χ2n) is 4.07. The largest absolute Gasteiger partial charge is 0.508 e. The summed E-state index contributed by atoms with van der Waals surface area (Å²) in [7, 11) is 0. The van der Waals surface area contributed by atoms with E-state index in [0.29, 0.717) is 11.6 Å². The highest BCUT2D eigenvalue weighted by atomic mass is 16.3. The second kappa shape index (κ2) is 5.35. The van der Waals surface area contributed by atoms with Crippen LogP contribution in [0.2, 0.25) is 0 Å². The lowest BCUT2D eigenvalue weighted by Crippen LogP contribution is -2.08.